The van der Waals surface area contributed by atoms with Crippen molar-refractivity contribution in [2.75, 3.05) is 11.9 Å². The van der Waals surface area contributed by atoms with Crippen LogP contribution in [0.1, 0.15) is 48.2 Å². The Hall–Kier alpha value is -3.61. The second-order valence-electron chi connectivity index (χ2n) is 8.10. The summed E-state index contributed by atoms with van der Waals surface area (Å²) in [6, 6.07) is 18.8. The van der Waals surface area contributed by atoms with Crippen LogP contribution >= 0.6 is 0 Å². The summed E-state index contributed by atoms with van der Waals surface area (Å²) in [6.45, 7) is 0.472. The van der Waals surface area contributed by atoms with Gasteiger partial charge in [-0.15, -0.1) is 0 Å². The highest BCUT2D eigenvalue weighted by molar-refractivity contribution is 5.95. The van der Waals surface area contributed by atoms with Crippen LogP contribution in [0.15, 0.2) is 66.9 Å². The maximum atomic E-state index is 12.4. The van der Waals surface area contributed by atoms with E-state index in [1.165, 1.54) is 19.3 Å². The van der Waals surface area contributed by atoms with Crippen LogP contribution in [0.3, 0.4) is 0 Å². The van der Waals surface area contributed by atoms with Crippen LogP contribution < -0.4 is 16.0 Å². The monoisotopic (exact) mass is 431 g/mol. The molecule has 0 spiro atoms. The van der Waals surface area contributed by atoms with Gasteiger partial charge in [0.25, 0.3) is 5.91 Å². The summed E-state index contributed by atoms with van der Waals surface area (Å²) in [6.07, 6.45) is 8.27. The van der Waals surface area contributed by atoms with Gasteiger partial charge in [0.1, 0.15) is 0 Å². The zero-order valence-electron chi connectivity index (χ0n) is 18.1. The van der Waals surface area contributed by atoms with Gasteiger partial charge in [0, 0.05) is 36.5 Å². The van der Waals surface area contributed by atoms with Gasteiger partial charge in [0.15, 0.2) is 0 Å². The highest BCUT2D eigenvalue weighted by atomic mass is 16.2. The van der Waals surface area contributed by atoms with Crippen LogP contribution in [-0.4, -0.2) is 34.3 Å². The maximum absolute atomic E-state index is 12.4. The molecule has 0 saturated heterocycles. The van der Waals surface area contributed by atoms with E-state index in [-0.39, 0.29) is 18.0 Å². The summed E-state index contributed by atoms with van der Waals surface area (Å²) in [5, 5.41) is 13.3. The third kappa shape index (κ3) is 5.97. The molecule has 0 radical (unpaired) electrons. The minimum absolute atomic E-state index is 0.0529. The number of nitrogens with zero attached hydrogens (tertiary/aromatic N) is 2. The Morgan fingerprint density at radius 3 is 2.44 bits per heavy atom. The summed E-state index contributed by atoms with van der Waals surface area (Å²) >= 11 is 0. The van der Waals surface area contributed by atoms with E-state index in [9.17, 15) is 9.59 Å². The number of carbonyl (C=O) groups excluding carboxylic acids is 2. The molecule has 3 aromatic rings. The summed E-state index contributed by atoms with van der Waals surface area (Å²) in [5.41, 5.74) is 3.16. The Morgan fingerprint density at radius 1 is 0.938 bits per heavy atom. The van der Waals surface area contributed by atoms with Gasteiger partial charge in [-0.3, -0.25) is 4.79 Å². The lowest BCUT2D eigenvalue weighted by Crippen LogP contribution is -2.36. The van der Waals surface area contributed by atoms with Crippen LogP contribution in [0.4, 0.5) is 10.5 Å². The molecule has 1 aliphatic carbocycles. The molecule has 1 heterocycles. The van der Waals surface area contributed by atoms with E-state index in [0.29, 0.717) is 24.2 Å². The van der Waals surface area contributed by atoms with Crippen molar-refractivity contribution in [3.8, 4) is 5.69 Å². The van der Waals surface area contributed by atoms with Gasteiger partial charge in [0.2, 0.25) is 0 Å². The first-order valence-electron chi connectivity index (χ1n) is 11.2. The predicted molar refractivity (Wildman–Crippen MR) is 125 cm³/mol. The van der Waals surface area contributed by atoms with E-state index in [4.69, 9.17) is 0 Å². The van der Waals surface area contributed by atoms with Crippen molar-refractivity contribution < 1.29 is 9.59 Å². The first-order chi connectivity index (χ1) is 15.7. The van der Waals surface area contributed by atoms with E-state index in [1.807, 2.05) is 47.3 Å². The molecule has 1 fully saturated rings. The van der Waals surface area contributed by atoms with Crippen molar-refractivity contribution in [1.29, 1.82) is 0 Å². The van der Waals surface area contributed by atoms with E-state index >= 15 is 0 Å². The lowest BCUT2D eigenvalue weighted by molar-refractivity contribution is 0.0927. The number of carbonyl (C=O) groups is 2. The number of rotatable bonds is 7. The molecule has 1 aromatic heterocycles. The van der Waals surface area contributed by atoms with Crippen LogP contribution in [0.5, 0.6) is 0 Å². The number of hydrogen-bond donors (Lipinski definition) is 3. The Kier molecular flexibility index (Phi) is 7.17. The molecule has 7 heteroatoms. The van der Waals surface area contributed by atoms with E-state index in [1.54, 1.807) is 24.3 Å². The standard InChI is InChI=1S/C25H29N5O2/c31-24(27-20-7-3-1-4-8-20)19-11-13-21(14-12-19)28-25(32)26-17-15-22-16-18-30(29-22)23-9-5-2-6-10-23/h2,5-6,9-14,16,18,20H,1,3-4,7-8,15,17H2,(H,27,31)(H2,26,28,32). The van der Waals surface area contributed by atoms with Gasteiger partial charge < -0.3 is 16.0 Å². The number of aromatic nitrogens is 2. The van der Waals surface area contributed by atoms with Crippen molar-refractivity contribution >= 4 is 17.6 Å². The highest BCUT2D eigenvalue weighted by Crippen LogP contribution is 2.18. The zero-order valence-corrected chi connectivity index (χ0v) is 18.1. The Morgan fingerprint density at radius 2 is 1.69 bits per heavy atom. The van der Waals surface area contributed by atoms with E-state index < -0.39 is 0 Å². The third-order valence-electron chi connectivity index (χ3n) is 5.68. The number of urea groups is 1. The minimum atomic E-state index is -0.285. The van der Waals surface area contributed by atoms with Crippen LogP contribution in [0.25, 0.3) is 5.69 Å². The molecule has 0 bridgehead atoms. The second kappa shape index (κ2) is 10.6. The molecule has 0 aliphatic heterocycles. The van der Waals surface area contributed by atoms with Crippen molar-refractivity contribution in [3.05, 3.63) is 78.1 Å². The first kappa shape index (κ1) is 21.6. The molecule has 0 atom stereocenters. The molecule has 1 saturated carbocycles. The summed E-state index contributed by atoms with van der Waals surface area (Å²) < 4.78 is 1.82. The van der Waals surface area contributed by atoms with Crippen LogP contribution in [0.2, 0.25) is 0 Å². The fraction of sp³-hybridized carbons (Fsp3) is 0.320. The average Bonchev–Trinajstić information content (AvgIpc) is 3.30. The van der Waals surface area contributed by atoms with Gasteiger partial charge in [-0.2, -0.15) is 5.10 Å². The predicted octanol–water partition coefficient (Wildman–Crippen LogP) is 4.30. The number of amides is 3. The normalized spacial score (nSPS) is 14.0. The van der Waals surface area contributed by atoms with Crippen molar-refractivity contribution in [2.24, 2.45) is 0 Å². The van der Waals surface area contributed by atoms with E-state index in [0.717, 1.165) is 24.2 Å². The zero-order chi connectivity index (χ0) is 22.2. The van der Waals surface area contributed by atoms with E-state index in [2.05, 4.69) is 21.0 Å². The maximum Gasteiger partial charge on any atom is 0.319 e. The molecule has 4 rings (SSSR count). The van der Waals surface area contributed by atoms with Crippen molar-refractivity contribution in [2.45, 2.75) is 44.6 Å². The van der Waals surface area contributed by atoms with Crippen LogP contribution in [0, 0.1) is 0 Å². The van der Waals surface area contributed by atoms with Gasteiger partial charge in [0.05, 0.1) is 11.4 Å². The topological polar surface area (TPSA) is 88.1 Å². The van der Waals surface area contributed by atoms with Gasteiger partial charge >= 0.3 is 6.03 Å². The molecule has 1 aliphatic rings. The molecule has 3 N–H and O–H groups in total. The molecule has 32 heavy (non-hydrogen) atoms. The summed E-state index contributed by atoms with van der Waals surface area (Å²) in [4.78, 5) is 24.6. The molecule has 2 aromatic carbocycles. The van der Waals surface area contributed by atoms with Gasteiger partial charge in [-0.05, 0) is 55.3 Å². The number of para-hydroxylation sites is 1. The Labute approximate surface area is 188 Å². The molecule has 0 unspecified atom stereocenters. The van der Waals surface area contributed by atoms with Gasteiger partial charge in [-0.25, -0.2) is 9.48 Å². The largest absolute Gasteiger partial charge is 0.349 e. The minimum Gasteiger partial charge on any atom is -0.349 e. The quantitative estimate of drug-likeness (QED) is 0.521. The number of benzene rings is 2. The first-order valence-corrected chi connectivity index (χ1v) is 11.2. The fourth-order valence-electron chi connectivity index (χ4n) is 3.92. The third-order valence-corrected chi connectivity index (χ3v) is 5.68. The van der Waals surface area contributed by atoms with Crippen LogP contribution in [-0.2, 0) is 6.42 Å². The summed E-state index contributed by atoms with van der Waals surface area (Å²) in [7, 11) is 0. The fourth-order valence-corrected chi connectivity index (χ4v) is 3.92. The smallest absolute Gasteiger partial charge is 0.319 e. The van der Waals surface area contributed by atoms with Gasteiger partial charge in [-0.1, -0.05) is 37.5 Å². The van der Waals surface area contributed by atoms with Crippen molar-refractivity contribution in [3.63, 3.8) is 0 Å². The molecular weight excluding hydrogens is 402 g/mol. The Balaban J connectivity index is 1.20. The summed E-state index contributed by atoms with van der Waals surface area (Å²) in [5.74, 6) is -0.0529. The number of anilines is 1. The lowest BCUT2D eigenvalue weighted by atomic mass is 9.95. The second-order valence-corrected chi connectivity index (χ2v) is 8.10. The lowest BCUT2D eigenvalue weighted by Gasteiger charge is -2.22. The SMILES string of the molecule is O=C(NCCc1ccn(-c2ccccc2)n1)Nc1ccc(C(=O)NC2CCCCC2)cc1. The average molecular weight is 432 g/mol. The molecule has 3 amide bonds. The number of hydrogen-bond acceptors (Lipinski definition) is 3. The molecule has 7 nitrogen and oxygen atoms in total. The Bertz CT molecular complexity index is 1020. The number of nitrogens with one attached hydrogen (secondary N) is 3. The van der Waals surface area contributed by atoms with Crippen molar-refractivity contribution in [1.82, 2.24) is 20.4 Å². The highest BCUT2D eigenvalue weighted by Gasteiger charge is 2.16. The molecular formula is C25H29N5O2. The molecule has 166 valence electrons.